The highest BCUT2D eigenvalue weighted by Crippen LogP contribution is 2.35. The van der Waals surface area contributed by atoms with Crippen molar-refractivity contribution in [2.75, 3.05) is 0 Å². The number of aromatic amines is 1. The van der Waals surface area contributed by atoms with Gasteiger partial charge in [0.25, 0.3) is 0 Å². The van der Waals surface area contributed by atoms with Crippen molar-refractivity contribution in [2.45, 2.75) is 41.5 Å². The minimum absolute atomic E-state index is 1.07. The zero-order chi connectivity index (χ0) is 16.7. The molecule has 0 saturated carbocycles. The van der Waals surface area contributed by atoms with Crippen LogP contribution in [-0.4, -0.2) is 10.7 Å². The lowest BCUT2D eigenvalue weighted by Crippen LogP contribution is -1.97. The summed E-state index contributed by atoms with van der Waals surface area (Å²) in [6, 6.07) is 8.91. The fourth-order valence-electron chi connectivity index (χ4n) is 3.44. The highest BCUT2D eigenvalue weighted by Gasteiger charge is 2.20. The molecule has 0 aliphatic carbocycles. The summed E-state index contributed by atoms with van der Waals surface area (Å²) in [7, 11) is 0. The molecule has 2 aromatic rings. The molecule has 0 fully saturated rings. The van der Waals surface area contributed by atoms with Gasteiger partial charge in [0.2, 0.25) is 0 Å². The third kappa shape index (κ3) is 2.94. The predicted octanol–water partition coefficient (Wildman–Crippen LogP) is 5.43. The third-order valence-corrected chi connectivity index (χ3v) is 4.23. The molecular formula is C21H24N2. The van der Waals surface area contributed by atoms with E-state index < -0.39 is 0 Å². The Hall–Kier alpha value is -2.35. The van der Waals surface area contributed by atoms with E-state index in [1.807, 2.05) is 0 Å². The normalized spacial score (nSPS) is 16.4. The van der Waals surface area contributed by atoms with Gasteiger partial charge in [-0.15, -0.1) is 0 Å². The molecule has 23 heavy (non-hydrogen) atoms. The standard InChI is InChI=1S/C21H24N2/c1-12-7-13(2)9-18(8-12)19(20-14(3)10-16(5)22-20)21-15(4)11-17(6)23-21/h7-11,22H,1-6H3/b21-19-. The van der Waals surface area contributed by atoms with Gasteiger partial charge in [0.05, 0.1) is 11.4 Å². The Labute approximate surface area is 138 Å². The summed E-state index contributed by atoms with van der Waals surface area (Å²) in [6.45, 7) is 12.8. The molecule has 0 bridgehead atoms. The van der Waals surface area contributed by atoms with Crippen LogP contribution in [0.3, 0.4) is 0 Å². The van der Waals surface area contributed by atoms with Gasteiger partial charge in [-0.2, -0.15) is 0 Å². The fourth-order valence-corrected chi connectivity index (χ4v) is 3.44. The number of allylic oxidation sites excluding steroid dienone is 2. The summed E-state index contributed by atoms with van der Waals surface area (Å²) in [6.07, 6.45) is 2.16. The molecule has 0 amide bonds. The molecule has 118 valence electrons. The molecule has 1 aromatic heterocycles. The van der Waals surface area contributed by atoms with E-state index in [4.69, 9.17) is 4.99 Å². The van der Waals surface area contributed by atoms with E-state index in [1.165, 1.54) is 44.8 Å². The lowest BCUT2D eigenvalue weighted by atomic mass is 9.93. The number of hydrogen-bond acceptors (Lipinski definition) is 1. The number of H-pyrrole nitrogens is 1. The van der Waals surface area contributed by atoms with Crippen LogP contribution in [0.15, 0.2) is 46.6 Å². The summed E-state index contributed by atoms with van der Waals surface area (Å²) >= 11 is 0. The second-order valence-corrected chi connectivity index (χ2v) is 6.69. The number of nitrogens with one attached hydrogen (secondary N) is 1. The molecule has 0 saturated heterocycles. The Morgan fingerprint density at radius 3 is 2.00 bits per heavy atom. The van der Waals surface area contributed by atoms with E-state index >= 15 is 0 Å². The first-order chi connectivity index (χ1) is 10.8. The summed E-state index contributed by atoms with van der Waals surface area (Å²) < 4.78 is 0. The van der Waals surface area contributed by atoms with Gasteiger partial charge in [-0.1, -0.05) is 29.3 Å². The van der Waals surface area contributed by atoms with Crippen molar-refractivity contribution in [3.05, 3.63) is 75.3 Å². The molecule has 0 radical (unpaired) electrons. The van der Waals surface area contributed by atoms with E-state index in [2.05, 4.69) is 76.9 Å². The molecule has 2 heterocycles. The highest BCUT2D eigenvalue weighted by molar-refractivity contribution is 6.01. The Morgan fingerprint density at radius 2 is 1.52 bits per heavy atom. The molecule has 1 aliphatic heterocycles. The minimum Gasteiger partial charge on any atom is -0.358 e. The van der Waals surface area contributed by atoms with Gasteiger partial charge in [-0.25, -0.2) is 0 Å². The van der Waals surface area contributed by atoms with Crippen LogP contribution in [0, 0.1) is 27.7 Å². The zero-order valence-corrected chi connectivity index (χ0v) is 14.8. The smallest absolute Gasteiger partial charge is 0.0761 e. The predicted molar refractivity (Wildman–Crippen MR) is 99.1 cm³/mol. The van der Waals surface area contributed by atoms with Crippen LogP contribution in [0.2, 0.25) is 0 Å². The number of rotatable bonds is 2. The van der Waals surface area contributed by atoms with Crippen LogP contribution in [0.4, 0.5) is 0 Å². The van der Waals surface area contributed by atoms with Crippen LogP contribution in [0.1, 0.15) is 47.5 Å². The van der Waals surface area contributed by atoms with Gasteiger partial charge < -0.3 is 4.98 Å². The fraction of sp³-hybridized carbons (Fsp3) is 0.286. The Bertz CT molecular complexity index is 853. The second kappa shape index (κ2) is 5.69. The largest absolute Gasteiger partial charge is 0.358 e. The van der Waals surface area contributed by atoms with Gasteiger partial charge in [0.1, 0.15) is 0 Å². The summed E-state index contributed by atoms with van der Waals surface area (Å²) in [4.78, 5) is 8.36. The van der Waals surface area contributed by atoms with Gasteiger partial charge in [-0.3, -0.25) is 4.99 Å². The number of aromatic nitrogens is 1. The number of nitrogens with zero attached hydrogens (tertiary/aromatic N) is 1. The molecule has 0 atom stereocenters. The topological polar surface area (TPSA) is 28.1 Å². The number of aliphatic imine (C=N–C) groups is 1. The Morgan fingerprint density at radius 1 is 0.870 bits per heavy atom. The van der Waals surface area contributed by atoms with Gasteiger partial charge in [0.15, 0.2) is 0 Å². The minimum atomic E-state index is 1.07. The average Bonchev–Trinajstić information content (AvgIpc) is 2.92. The van der Waals surface area contributed by atoms with Gasteiger partial charge in [-0.05, 0) is 70.4 Å². The highest BCUT2D eigenvalue weighted by atomic mass is 14.8. The maximum Gasteiger partial charge on any atom is 0.0761 e. The van der Waals surface area contributed by atoms with E-state index in [9.17, 15) is 0 Å². The Balaban J connectivity index is 2.34. The van der Waals surface area contributed by atoms with E-state index in [0.717, 1.165) is 11.4 Å². The maximum atomic E-state index is 4.82. The Kier molecular flexibility index (Phi) is 3.85. The van der Waals surface area contributed by atoms with Gasteiger partial charge >= 0.3 is 0 Å². The molecule has 2 nitrogen and oxygen atoms in total. The van der Waals surface area contributed by atoms with Crippen LogP contribution < -0.4 is 0 Å². The van der Waals surface area contributed by atoms with Crippen molar-refractivity contribution in [1.29, 1.82) is 0 Å². The van der Waals surface area contributed by atoms with E-state index in [0.29, 0.717) is 0 Å². The quantitative estimate of drug-likeness (QED) is 0.766. The SMILES string of the molecule is CC1=CC(C)=N/C1=C(/c1cc(C)cc(C)c1)c1[nH]c(C)cc1C. The molecule has 0 spiro atoms. The summed E-state index contributed by atoms with van der Waals surface area (Å²) in [5.74, 6) is 0. The van der Waals surface area contributed by atoms with E-state index in [-0.39, 0.29) is 0 Å². The summed E-state index contributed by atoms with van der Waals surface area (Å²) in [5.41, 5.74) is 12.0. The average molecular weight is 304 g/mol. The third-order valence-electron chi connectivity index (χ3n) is 4.23. The van der Waals surface area contributed by atoms with E-state index in [1.54, 1.807) is 0 Å². The lowest BCUT2D eigenvalue weighted by molar-refractivity contribution is 1.21. The number of benzene rings is 1. The number of aryl methyl sites for hydroxylation is 4. The van der Waals surface area contributed by atoms with Crippen LogP contribution >= 0.6 is 0 Å². The van der Waals surface area contributed by atoms with Crippen molar-refractivity contribution in [2.24, 2.45) is 4.99 Å². The van der Waals surface area contributed by atoms with Crippen molar-refractivity contribution in [1.82, 2.24) is 4.98 Å². The molecule has 0 unspecified atom stereocenters. The molecule has 3 rings (SSSR count). The van der Waals surface area contributed by atoms with Crippen LogP contribution in [0.5, 0.6) is 0 Å². The van der Waals surface area contributed by atoms with Crippen LogP contribution in [-0.2, 0) is 0 Å². The first kappa shape index (κ1) is 15.5. The number of hydrogen-bond donors (Lipinski definition) is 1. The second-order valence-electron chi connectivity index (χ2n) is 6.69. The monoisotopic (exact) mass is 304 g/mol. The molecule has 2 heteroatoms. The lowest BCUT2D eigenvalue weighted by Gasteiger charge is -2.14. The van der Waals surface area contributed by atoms with Gasteiger partial charge in [0, 0.05) is 17.0 Å². The van der Waals surface area contributed by atoms with Crippen molar-refractivity contribution in [3.63, 3.8) is 0 Å². The summed E-state index contributed by atoms with van der Waals surface area (Å²) in [5, 5.41) is 0. The zero-order valence-electron chi connectivity index (χ0n) is 14.8. The first-order valence-electron chi connectivity index (χ1n) is 8.08. The van der Waals surface area contributed by atoms with Crippen LogP contribution in [0.25, 0.3) is 5.57 Å². The molecule has 1 N–H and O–H groups in total. The maximum absolute atomic E-state index is 4.82. The molecule has 1 aromatic carbocycles. The molecular weight excluding hydrogens is 280 g/mol. The van der Waals surface area contributed by atoms with Crippen molar-refractivity contribution in [3.8, 4) is 0 Å². The first-order valence-corrected chi connectivity index (χ1v) is 8.08. The van der Waals surface area contributed by atoms with Crippen molar-refractivity contribution < 1.29 is 0 Å². The molecule has 1 aliphatic rings. The van der Waals surface area contributed by atoms with Crippen molar-refractivity contribution >= 4 is 11.3 Å².